The Morgan fingerprint density at radius 2 is 2.00 bits per heavy atom. The minimum absolute atomic E-state index is 0.00447. The van der Waals surface area contributed by atoms with E-state index in [0.717, 1.165) is 5.56 Å². The molecule has 2 aromatic heterocycles. The minimum atomic E-state index is -0.703. The van der Waals surface area contributed by atoms with Crippen LogP contribution in [0.5, 0.6) is 0 Å². The highest BCUT2D eigenvalue weighted by molar-refractivity contribution is 5.94. The Balaban J connectivity index is 1.22. The number of carbonyl (C=O) groups is 2. The molecule has 12 nitrogen and oxygen atoms in total. The molecule has 2 fully saturated rings. The average Bonchev–Trinajstić information content (AvgIpc) is 3.48. The molecule has 0 radical (unpaired) electrons. The molecule has 2 saturated heterocycles. The van der Waals surface area contributed by atoms with Crippen molar-refractivity contribution in [2.45, 2.75) is 38.3 Å². The number of β-amino-alcohol motifs (C(OH)–C–C–N with tert-alkyl or cyclic N) is 1. The van der Waals surface area contributed by atoms with E-state index in [0.29, 0.717) is 68.3 Å². The lowest BCUT2D eigenvalue weighted by molar-refractivity contribution is -0.142. The van der Waals surface area contributed by atoms with Gasteiger partial charge in [-0.15, -0.1) is 5.10 Å². The van der Waals surface area contributed by atoms with Crippen molar-refractivity contribution >= 4 is 11.9 Å². The number of carbonyl (C=O) groups excluding carboxylic acids is 2. The molecule has 12 heteroatoms. The van der Waals surface area contributed by atoms with Gasteiger partial charge in [-0.2, -0.15) is 4.68 Å². The van der Waals surface area contributed by atoms with Gasteiger partial charge in [0, 0.05) is 44.0 Å². The van der Waals surface area contributed by atoms with Crippen LogP contribution in [0.3, 0.4) is 0 Å². The van der Waals surface area contributed by atoms with Gasteiger partial charge >= 0.3 is 5.97 Å². The first kappa shape index (κ1) is 22.6. The summed E-state index contributed by atoms with van der Waals surface area (Å²) >= 11 is 0. The molecule has 3 aliphatic rings. The fourth-order valence-corrected chi connectivity index (χ4v) is 5.00. The van der Waals surface area contributed by atoms with Crippen molar-refractivity contribution in [3.8, 4) is 5.82 Å². The van der Waals surface area contributed by atoms with Gasteiger partial charge in [0.1, 0.15) is 18.5 Å². The third-order valence-electron chi connectivity index (χ3n) is 7.05. The summed E-state index contributed by atoms with van der Waals surface area (Å²) in [5.74, 6) is 0.240. The predicted molar refractivity (Wildman–Crippen MR) is 118 cm³/mol. The number of aliphatic hydroxyl groups is 1. The number of likely N-dealkylation sites (tertiary alicyclic amines) is 1. The maximum atomic E-state index is 13.4. The summed E-state index contributed by atoms with van der Waals surface area (Å²) < 4.78 is 6.58. The highest BCUT2D eigenvalue weighted by Gasteiger charge is 2.47. The van der Waals surface area contributed by atoms with Gasteiger partial charge in [0.25, 0.3) is 0 Å². The molecular weight excluding hydrogens is 440 g/mol. The van der Waals surface area contributed by atoms with E-state index >= 15 is 0 Å². The van der Waals surface area contributed by atoms with Crippen molar-refractivity contribution in [2.75, 3.05) is 39.3 Å². The second-order valence-electron chi connectivity index (χ2n) is 9.03. The summed E-state index contributed by atoms with van der Waals surface area (Å²) in [6, 6.07) is 3.63. The lowest BCUT2D eigenvalue weighted by Crippen LogP contribution is -2.67. The summed E-state index contributed by atoms with van der Waals surface area (Å²) in [5, 5.41) is 25.4. The van der Waals surface area contributed by atoms with Crippen LogP contribution in [0.2, 0.25) is 0 Å². The molecule has 5 rings (SSSR count). The number of tetrazole rings is 1. The molecule has 1 spiro atoms. The first-order valence-corrected chi connectivity index (χ1v) is 11.4. The van der Waals surface area contributed by atoms with E-state index in [1.54, 1.807) is 17.9 Å². The van der Waals surface area contributed by atoms with E-state index in [2.05, 4.69) is 30.7 Å². The zero-order valence-electron chi connectivity index (χ0n) is 19.3. The predicted octanol–water partition coefficient (Wildman–Crippen LogP) is -0.504. The molecule has 180 valence electrons. The maximum absolute atomic E-state index is 13.4. The molecule has 1 unspecified atom stereocenters. The normalized spacial score (nSPS) is 21.9. The Morgan fingerprint density at radius 1 is 1.21 bits per heavy atom. The van der Waals surface area contributed by atoms with Gasteiger partial charge < -0.3 is 25.0 Å². The average molecular weight is 469 g/mol. The molecule has 0 aliphatic carbocycles. The Morgan fingerprint density at radius 3 is 2.65 bits per heavy atom. The Kier molecular flexibility index (Phi) is 5.88. The van der Waals surface area contributed by atoms with Crippen LogP contribution in [0.15, 0.2) is 29.7 Å². The van der Waals surface area contributed by atoms with Crippen molar-refractivity contribution in [1.82, 2.24) is 40.3 Å². The third-order valence-corrected chi connectivity index (χ3v) is 7.05. The van der Waals surface area contributed by atoms with Gasteiger partial charge in [-0.1, -0.05) is 6.07 Å². The number of nitrogens with one attached hydrogen (secondary N) is 1. The number of cyclic esters (lactones) is 1. The third kappa shape index (κ3) is 3.97. The van der Waals surface area contributed by atoms with Crippen LogP contribution < -0.4 is 5.32 Å². The number of ether oxygens (including phenoxy) is 1. The lowest BCUT2D eigenvalue weighted by Gasteiger charge is -2.47. The fourth-order valence-electron chi connectivity index (χ4n) is 5.00. The molecule has 1 amide bonds. The number of hydrogen-bond acceptors (Lipinski definition) is 10. The largest absolute Gasteiger partial charge is 0.456 e. The number of aryl methyl sites for hydroxylation is 1. The lowest BCUT2D eigenvalue weighted by atomic mass is 9.84. The van der Waals surface area contributed by atoms with Crippen molar-refractivity contribution in [1.29, 1.82) is 0 Å². The molecule has 1 atom stereocenters. The van der Waals surface area contributed by atoms with Gasteiger partial charge in [0.15, 0.2) is 5.82 Å². The van der Waals surface area contributed by atoms with Gasteiger partial charge in [-0.3, -0.25) is 4.79 Å². The van der Waals surface area contributed by atoms with Gasteiger partial charge in [0.05, 0.1) is 17.4 Å². The Labute approximate surface area is 196 Å². The standard InChI is InChI=1S/C22H28N8O4/c1-14-17(12-34-20(14)32)29-10-7-23-22(21(29)33)5-8-28(9-6-22)11-18(31)16-3-4-19(25-15(16)2)30-13-24-26-27-30/h3-4,13,18,23,31H,5-12H2,1-2H3. The van der Waals surface area contributed by atoms with E-state index < -0.39 is 11.6 Å². The topological polar surface area (TPSA) is 139 Å². The van der Waals surface area contributed by atoms with Crippen molar-refractivity contribution in [3.63, 3.8) is 0 Å². The SMILES string of the molecule is CC1=C(N2CCNC3(CCN(CC(O)c4ccc(-n5cnnn5)nc4C)CC3)C2=O)COC1=O. The highest BCUT2D eigenvalue weighted by atomic mass is 16.5. The molecule has 3 aliphatic heterocycles. The van der Waals surface area contributed by atoms with Crippen molar-refractivity contribution < 1.29 is 19.4 Å². The summed E-state index contributed by atoms with van der Waals surface area (Å²) in [6.07, 6.45) is 2.03. The van der Waals surface area contributed by atoms with E-state index in [-0.39, 0.29) is 18.5 Å². The Hall–Kier alpha value is -3.22. The molecule has 0 saturated carbocycles. The van der Waals surface area contributed by atoms with Crippen LogP contribution in [-0.4, -0.2) is 96.8 Å². The number of amides is 1. The van der Waals surface area contributed by atoms with E-state index in [1.807, 2.05) is 13.0 Å². The first-order valence-electron chi connectivity index (χ1n) is 11.4. The number of aromatic nitrogens is 5. The van der Waals surface area contributed by atoms with Crippen molar-refractivity contribution in [2.24, 2.45) is 0 Å². The zero-order valence-corrected chi connectivity index (χ0v) is 19.3. The summed E-state index contributed by atoms with van der Waals surface area (Å²) in [7, 11) is 0. The molecule has 5 heterocycles. The highest BCUT2D eigenvalue weighted by Crippen LogP contribution is 2.32. The minimum Gasteiger partial charge on any atom is -0.456 e. The van der Waals surface area contributed by atoms with Crippen molar-refractivity contribution in [3.05, 3.63) is 41.0 Å². The van der Waals surface area contributed by atoms with E-state index in [9.17, 15) is 14.7 Å². The first-order chi connectivity index (χ1) is 16.4. The molecule has 2 N–H and O–H groups in total. The second-order valence-corrected chi connectivity index (χ2v) is 9.03. The number of piperidine rings is 1. The second kappa shape index (κ2) is 8.85. The van der Waals surface area contributed by atoms with E-state index in [1.165, 1.54) is 11.0 Å². The molecular formula is C22H28N8O4. The zero-order chi connectivity index (χ0) is 23.9. The number of pyridine rings is 1. The van der Waals surface area contributed by atoms with Crippen LogP contribution in [0.25, 0.3) is 5.82 Å². The number of piperazine rings is 1. The quantitative estimate of drug-likeness (QED) is 0.552. The molecule has 2 aromatic rings. The number of rotatable bonds is 5. The number of nitrogens with zero attached hydrogens (tertiary/aromatic N) is 7. The smallest absolute Gasteiger partial charge is 0.336 e. The summed E-state index contributed by atoms with van der Waals surface area (Å²) in [5.41, 5.74) is 2.01. The van der Waals surface area contributed by atoms with Crippen LogP contribution >= 0.6 is 0 Å². The van der Waals surface area contributed by atoms with E-state index in [4.69, 9.17) is 4.74 Å². The fraction of sp³-hybridized carbons (Fsp3) is 0.545. The molecule has 0 aromatic carbocycles. The molecule has 0 bridgehead atoms. The summed E-state index contributed by atoms with van der Waals surface area (Å²) in [6.45, 7) is 6.71. The van der Waals surface area contributed by atoms with Crippen LogP contribution in [-0.2, 0) is 14.3 Å². The van der Waals surface area contributed by atoms with Crippen LogP contribution in [0.1, 0.15) is 37.1 Å². The van der Waals surface area contributed by atoms with Gasteiger partial charge in [-0.25, -0.2) is 9.78 Å². The number of esters is 1. The van der Waals surface area contributed by atoms with Crippen LogP contribution in [0, 0.1) is 6.92 Å². The summed E-state index contributed by atoms with van der Waals surface area (Å²) in [4.78, 5) is 33.6. The number of aliphatic hydroxyl groups excluding tert-OH is 1. The monoisotopic (exact) mass is 468 g/mol. The van der Waals surface area contributed by atoms with Gasteiger partial charge in [0.2, 0.25) is 5.91 Å². The maximum Gasteiger partial charge on any atom is 0.336 e. The molecule has 34 heavy (non-hydrogen) atoms. The number of hydrogen-bond donors (Lipinski definition) is 2. The van der Waals surface area contributed by atoms with Gasteiger partial charge in [-0.05, 0) is 43.2 Å². The Bertz CT molecular complexity index is 1120. The van der Waals surface area contributed by atoms with Crippen LogP contribution in [0.4, 0.5) is 0 Å².